The van der Waals surface area contributed by atoms with Crippen LogP contribution in [-0.2, 0) is 4.79 Å². The molecule has 0 radical (unpaired) electrons. The molecule has 0 aromatic heterocycles. The van der Waals surface area contributed by atoms with Crippen LogP contribution in [0.25, 0.3) is 0 Å². The lowest BCUT2D eigenvalue weighted by molar-refractivity contribution is -0.117. The molecule has 0 atom stereocenters. The number of benzene rings is 1. The summed E-state index contributed by atoms with van der Waals surface area (Å²) in [7, 11) is 1.63. The Morgan fingerprint density at radius 2 is 2.25 bits per heavy atom. The van der Waals surface area contributed by atoms with E-state index in [4.69, 9.17) is 11.6 Å². The normalized spacial score (nSPS) is 10.2. The summed E-state index contributed by atoms with van der Waals surface area (Å²) in [5.74, 6) is -0.581. The molecule has 0 fully saturated rings. The first-order chi connectivity index (χ1) is 7.56. The molecule has 1 amide bonds. The molecule has 0 heterocycles. The van der Waals surface area contributed by atoms with Gasteiger partial charge in [0, 0.05) is 12.7 Å². The number of nitrogens with zero attached hydrogens (tertiary/aromatic N) is 1. The van der Waals surface area contributed by atoms with Gasteiger partial charge in [0.15, 0.2) is 0 Å². The lowest BCUT2D eigenvalue weighted by Crippen LogP contribution is -2.35. The van der Waals surface area contributed by atoms with Crippen molar-refractivity contribution in [3.8, 4) is 0 Å². The third kappa shape index (κ3) is 3.18. The summed E-state index contributed by atoms with van der Waals surface area (Å²) < 4.78 is 12.9. The lowest BCUT2D eigenvalue weighted by Gasteiger charge is -2.17. The van der Waals surface area contributed by atoms with E-state index in [-0.39, 0.29) is 17.5 Å². The van der Waals surface area contributed by atoms with Gasteiger partial charge in [0.25, 0.3) is 0 Å². The van der Waals surface area contributed by atoms with Crippen molar-refractivity contribution >= 4 is 23.2 Å². The lowest BCUT2D eigenvalue weighted by atomic mass is 10.3. The molecule has 1 N–H and O–H groups in total. The van der Waals surface area contributed by atoms with Crippen LogP contribution >= 0.6 is 11.6 Å². The Bertz CT molecular complexity index is 384. The first-order valence-corrected chi connectivity index (χ1v) is 5.36. The Labute approximate surface area is 99.2 Å². The molecule has 16 heavy (non-hydrogen) atoms. The van der Waals surface area contributed by atoms with Gasteiger partial charge in [-0.3, -0.25) is 4.79 Å². The summed E-state index contributed by atoms with van der Waals surface area (Å²) >= 11 is 5.64. The van der Waals surface area contributed by atoms with E-state index in [1.165, 1.54) is 23.1 Å². The molecule has 3 nitrogen and oxygen atoms in total. The zero-order valence-electron chi connectivity index (χ0n) is 9.26. The molecule has 0 saturated carbocycles. The molecule has 0 spiro atoms. The second-order valence-electron chi connectivity index (χ2n) is 3.33. The number of hydrogen-bond donors (Lipinski definition) is 1. The van der Waals surface area contributed by atoms with E-state index in [1.807, 2.05) is 6.92 Å². The molecule has 5 heteroatoms. The summed E-state index contributed by atoms with van der Waals surface area (Å²) in [6.07, 6.45) is 0. The average molecular weight is 245 g/mol. The number of hydrogen-bond acceptors (Lipinski definition) is 2. The van der Waals surface area contributed by atoms with Crippen molar-refractivity contribution in [3.05, 3.63) is 29.0 Å². The van der Waals surface area contributed by atoms with E-state index in [0.29, 0.717) is 5.69 Å². The zero-order chi connectivity index (χ0) is 12.1. The minimum atomic E-state index is -0.488. The molecule has 0 aliphatic heterocycles. The molecule has 88 valence electrons. The molecule has 0 aliphatic carbocycles. The van der Waals surface area contributed by atoms with Gasteiger partial charge in [-0.05, 0) is 24.7 Å². The third-order valence-electron chi connectivity index (χ3n) is 2.19. The third-order valence-corrected chi connectivity index (χ3v) is 2.48. The summed E-state index contributed by atoms with van der Waals surface area (Å²) in [4.78, 5) is 13.1. The number of amides is 1. The van der Waals surface area contributed by atoms with Crippen molar-refractivity contribution < 1.29 is 9.18 Å². The standard InChI is InChI=1S/C11H14ClFN2O/c1-3-14-7-11(16)15(2)8-4-5-10(13)9(12)6-8/h4-6,14H,3,7H2,1-2H3. The number of halogens is 2. The minimum Gasteiger partial charge on any atom is -0.314 e. The molecular weight excluding hydrogens is 231 g/mol. The van der Waals surface area contributed by atoms with Crippen molar-refractivity contribution in [1.29, 1.82) is 0 Å². The predicted molar refractivity (Wildman–Crippen MR) is 63.4 cm³/mol. The molecule has 0 unspecified atom stereocenters. The van der Waals surface area contributed by atoms with Crippen LogP contribution in [0.2, 0.25) is 5.02 Å². The van der Waals surface area contributed by atoms with Crippen LogP contribution in [0.15, 0.2) is 18.2 Å². The summed E-state index contributed by atoms with van der Waals surface area (Å²) in [6, 6.07) is 4.19. The predicted octanol–water partition coefficient (Wildman–Crippen LogP) is 2.05. The largest absolute Gasteiger partial charge is 0.314 e. The quantitative estimate of drug-likeness (QED) is 0.879. The molecule has 0 aliphatic rings. The van der Waals surface area contributed by atoms with Gasteiger partial charge in [-0.25, -0.2) is 4.39 Å². The second kappa shape index (κ2) is 5.82. The summed E-state index contributed by atoms with van der Waals surface area (Å²) in [5, 5.41) is 2.94. The Morgan fingerprint density at radius 1 is 1.56 bits per heavy atom. The fourth-order valence-electron chi connectivity index (χ4n) is 1.19. The zero-order valence-corrected chi connectivity index (χ0v) is 10.0. The molecule has 1 aromatic rings. The Kier molecular flexibility index (Phi) is 4.71. The maximum Gasteiger partial charge on any atom is 0.240 e. The van der Waals surface area contributed by atoms with Crippen LogP contribution in [-0.4, -0.2) is 26.0 Å². The summed E-state index contributed by atoms with van der Waals surface area (Å²) in [6.45, 7) is 2.90. The van der Waals surface area contributed by atoms with Gasteiger partial charge in [-0.1, -0.05) is 18.5 Å². The molecular formula is C11H14ClFN2O. The van der Waals surface area contributed by atoms with Gasteiger partial charge in [-0.2, -0.15) is 0 Å². The van der Waals surface area contributed by atoms with E-state index < -0.39 is 5.82 Å². The van der Waals surface area contributed by atoms with Crippen molar-refractivity contribution in [2.24, 2.45) is 0 Å². The Morgan fingerprint density at radius 3 is 2.81 bits per heavy atom. The van der Waals surface area contributed by atoms with Crippen LogP contribution in [0.3, 0.4) is 0 Å². The van der Waals surface area contributed by atoms with Gasteiger partial charge in [0.05, 0.1) is 11.6 Å². The summed E-state index contributed by atoms with van der Waals surface area (Å²) in [5.41, 5.74) is 0.578. The van der Waals surface area contributed by atoms with Gasteiger partial charge < -0.3 is 10.2 Å². The van der Waals surface area contributed by atoms with E-state index >= 15 is 0 Å². The van der Waals surface area contributed by atoms with Crippen LogP contribution in [0.5, 0.6) is 0 Å². The van der Waals surface area contributed by atoms with Gasteiger partial charge >= 0.3 is 0 Å². The highest BCUT2D eigenvalue weighted by Gasteiger charge is 2.11. The van der Waals surface area contributed by atoms with Gasteiger partial charge in [0.1, 0.15) is 5.82 Å². The highest BCUT2D eigenvalue weighted by Crippen LogP contribution is 2.21. The maximum atomic E-state index is 12.9. The average Bonchev–Trinajstić information content (AvgIpc) is 2.28. The topological polar surface area (TPSA) is 32.3 Å². The molecule has 1 rings (SSSR count). The smallest absolute Gasteiger partial charge is 0.240 e. The SMILES string of the molecule is CCNCC(=O)N(C)c1ccc(F)c(Cl)c1. The number of rotatable bonds is 4. The van der Waals surface area contributed by atoms with Crippen LogP contribution < -0.4 is 10.2 Å². The maximum absolute atomic E-state index is 12.9. The monoisotopic (exact) mass is 244 g/mol. The van der Waals surface area contributed by atoms with Gasteiger partial charge in [0.2, 0.25) is 5.91 Å². The van der Waals surface area contributed by atoms with E-state index in [0.717, 1.165) is 6.54 Å². The van der Waals surface area contributed by atoms with Gasteiger partial charge in [-0.15, -0.1) is 0 Å². The molecule has 1 aromatic carbocycles. The van der Waals surface area contributed by atoms with Crippen molar-refractivity contribution in [2.45, 2.75) is 6.92 Å². The molecule has 0 bridgehead atoms. The van der Waals surface area contributed by atoms with Crippen molar-refractivity contribution in [2.75, 3.05) is 25.0 Å². The highest BCUT2D eigenvalue weighted by molar-refractivity contribution is 6.31. The fourth-order valence-corrected chi connectivity index (χ4v) is 1.36. The number of anilines is 1. The number of carbonyl (C=O) groups is 1. The van der Waals surface area contributed by atoms with Crippen LogP contribution in [0, 0.1) is 5.82 Å². The van der Waals surface area contributed by atoms with E-state index in [2.05, 4.69) is 5.32 Å². The number of carbonyl (C=O) groups excluding carboxylic acids is 1. The Hall–Kier alpha value is -1.13. The second-order valence-corrected chi connectivity index (χ2v) is 3.74. The van der Waals surface area contributed by atoms with Crippen LogP contribution in [0.1, 0.15) is 6.92 Å². The Balaban J connectivity index is 2.75. The number of nitrogens with one attached hydrogen (secondary N) is 1. The van der Waals surface area contributed by atoms with Crippen LogP contribution in [0.4, 0.5) is 10.1 Å². The fraction of sp³-hybridized carbons (Fsp3) is 0.364. The van der Waals surface area contributed by atoms with E-state index in [9.17, 15) is 9.18 Å². The first-order valence-electron chi connectivity index (χ1n) is 4.98. The van der Waals surface area contributed by atoms with Crippen molar-refractivity contribution in [1.82, 2.24) is 5.32 Å². The van der Waals surface area contributed by atoms with Crippen molar-refractivity contribution in [3.63, 3.8) is 0 Å². The first kappa shape index (κ1) is 12.9. The number of likely N-dealkylation sites (N-methyl/N-ethyl adjacent to an activating group) is 2. The minimum absolute atomic E-state index is 0.0144. The highest BCUT2D eigenvalue weighted by atomic mass is 35.5. The van der Waals surface area contributed by atoms with E-state index in [1.54, 1.807) is 7.05 Å². The molecule has 0 saturated heterocycles.